The molecule has 1 heteroatoms. The average molecular weight is 317 g/mol. The molecule has 0 bridgehead atoms. The summed E-state index contributed by atoms with van der Waals surface area (Å²) in [6.45, 7) is 7.61. The smallest absolute Gasteiger partial charge is 0.119 e. The van der Waals surface area contributed by atoms with E-state index in [-0.39, 0.29) is 0 Å². The van der Waals surface area contributed by atoms with E-state index in [1.54, 1.807) is 0 Å². The number of hydrogen-bond acceptors (Lipinski definition) is 1. The van der Waals surface area contributed by atoms with E-state index in [1.165, 1.54) is 69.8 Å². The summed E-state index contributed by atoms with van der Waals surface area (Å²) >= 11 is 0. The van der Waals surface area contributed by atoms with Gasteiger partial charge < -0.3 is 4.74 Å². The Balaban J connectivity index is 1.76. The second-order valence-corrected chi connectivity index (χ2v) is 7.75. The van der Waals surface area contributed by atoms with Gasteiger partial charge in [-0.1, -0.05) is 58.1 Å². The predicted octanol–water partition coefficient (Wildman–Crippen LogP) is 7.11. The topological polar surface area (TPSA) is 9.23 Å². The van der Waals surface area contributed by atoms with E-state index in [9.17, 15) is 0 Å². The molecule has 0 amide bonds. The molecule has 1 aliphatic carbocycles. The van der Waals surface area contributed by atoms with Crippen LogP contribution in [0.4, 0.5) is 0 Å². The Morgan fingerprint density at radius 2 is 1.61 bits per heavy atom. The molecule has 0 heterocycles. The molecule has 1 aromatic carbocycles. The van der Waals surface area contributed by atoms with Crippen LogP contribution in [0.25, 0.3) is 0 Å². The first kappa shape index (κ1) is 18.4. The van der Waals surface area contributed by atoms with Crippen LogP contribution in [0.5, 0.6) is 5.75 Å². The molecule has 0 N–H and O–H groups in total. The monoisotopic (exact) mass is 316 g/mol. The van der Waals surface area contributed by atoms with E-state index in [4.69, 9.17) is 4.74 Å². The third-order valence-corrected chi connectivity index (χ3v) is 5.74. The fraction of sp³-hybridized carbons (Fsp3) is 0.727. The van der Waals surface area contributed by atoms with E-state index in [1.807, 2.05) is 6.92 Å². The van der Waals surface area contributed by atoms with Gasteiger partial charge in [-0.05, 0) is 68.1 Å². The van der Waals surface area contributed by atoms with Crippen molar-refractivity contribution in [2.75, 3.05) is 6.61 Å². The lowest BCUT2D eigenvalue weighted by atomic mass is 9.68. The summed E-state index contributed by atoms with van der Waals surface area (Å²) in [6, 6.07) is 8.84. The van der Waals surface area contributed by atoms with Crippen LogP contribution in [0, 0.1) is 5.41 Å². The largest absolute Gasteiger partial charge is 0.494 e. The Hall–Kier alpha value is -0.980. The third kappa shape index (κ3) is 5.86. The molecule has 0 aliphatic heterocycles. The van der Waals surface area contributed by atoms with Gasteiger partial charge in [0.1, 0.15) is 5.75 Å². The minimum absolute atomic E-state index is 0.605. The summed E-state index contributed by atoms with van der Waals surface area (Å²) < 4.78 is 5.55. The van der Waals surface area contributed by atoms with E-state index >= 15 is 0 Å². The number of rotatable bonds is 9. The molecule has 130 valence electrons. The summed E-state index contributed by atoms with van der Waals surface area (Å²) in [5, 5.41) is 0. The zero-order chi connectivity index (χ0) is 16.5. The summed E-state index contributed by atoms with van der Waals surface area (Å²) in [5.74, 6) is 1.77. The van der Waals surface area contributed by atoms with Crippen LogP contribution < -0.4 is 4.74 Å². The molecule has 2 rings (SSSR count). The molecule has 23 heavy (non-hydrogen) atoms. The van der Waals surface area contributed by atoms with Gasteiger partial charge in [0, 0.05) is 0 Å². The molecule has 1 saturated carbocycles. The molecule has 0 unspecified atom stereocenters. The molecule has 1 aliphatic rings. The fourth-order valence-corrected chi connectivity index (χ4v) is 4.06. The van der Waals surface area contributed by atoms with Crippen LogP contribution in [-0.4, -0.2) is 6.61 Å². The van der Waals surface area contributed by atoms with Gasteiger partial charge in [0.2, 0.25) is 0 Å². The van der Waals surface area contributed by atoms with Gasteiger partial charge in [0.05, 0.1) is 6.61 Å². The lowest BCUT2D eigenvalue weighted by Gasteiger charge is -2.38. The predicted molar refractivity (Wildman–Crippen MR) is 100 cm³/mol. The van der Waals surface area contributed by atoms with Gasteiger partial charge in [-0.15, -0.1) is 0 Å². The minimum atomic E-state index is 0.605. The molecule has 0 atom stereocenters. The lowest BCUT2D eigenvalue weighted by molar-refractivity contribution is 0.177. The summed E-state index contributed by atoms with van der Waals surface area (Å²) in [7, 11) is 0. The van der Waals surface area contributed by atoms with Gasteiger partial charge in [-0.3, -0.25) is 0 Å². The van der Waals surface area contributed by atoms with Crippen LogP contribution >= 0.6 is 0 Å². The van der Waals surface area contributed by atoms with E-state index in [0.717, 1.165) is 18.3 Å². The van der Waals surface area contributed by atoms with Crippen LogP contribution in [0.2, 0.25) is 0 Å². The summed E-state index contributed by atoms with van der Waals surface area (Å²) in [6.07, 6.45) is 14.0. The molecular weight excluding hydrogens is 280 g/mol. The maximum Gasteiger partial charge on any atom is 0.119 e. The normalized spacial score (nSPS) is 24.6. The molecule has 1 nitrogen and oxygen atoms in total. The van der Waals surface area contributed by atoms with Crippen LogP contribution in [-0.2, 0) is 0 Å². The maximum atomic E-state index is 5.55. The Bertz CT molecular complexity index is 426. The molecule has 1 fully saturated rings. The van der Waals surface area contributed by atoms with Crippen molar-refractivity contribution >= 4 is 0 Å². The van der Waals surface area contributed by atoms with Gasteiger partial charge in [-0.2, -0.15) is 0 Å². The summed E-state index contributed by atoms with van der Waals surface area (Å²) in [4.78, 5) is 0. The van der Waals surface area contributed by atoms with Crippen molar-refractivity contribution in [3.05, 3.63) is 29.8 Å². The Kier molecular flexibility index (Phi) is 7.46. The summed E-state index contributed by atoms with van der Waals surface area (Å²) in [5.41, 5.74) is 2.12. The van der Waals surface area contributed by atoms with E-state index < -0.39 is 0 Å². The Labute approximate surface area is 143 Å². The van der Waals surface area contributed by atoms with E-state index in [2.05, 4.69) is 38.1 Å². The first-order valence-corrected chi connectivity index (χ1v) is 9.89. The lowest BCUT2D eigenvalue weighted by Crippen LogP contribution is -2.23. The number of hydrogen-bond donors (Lipinski definition) is 0. The van der Waals surface area contributed by atoms with Gasteiger partial charge in [0.15, 0.2) is 0 Å². The highest BCUT2D eigenvalue weighted by molar-refractivity contribution is 5.29. The van der Waals surface area contributed by atoms with Crippen LogP contribution in [0.1, 0.15) is 96.5 Å². The standard InChI is InChI=1S/C22H36O/c1-4-6-7-8-9-16-22(3)17-14-20(15-18-22)19-10-12-21(13-11-19)23-5-2/h10-13,20H,4-9,14-18H2,1-3H3/t20-,22+. The van der Waals surface area contributed by atoms with Crippen molar-refractivity contribution in [3.8, 4) is 5.75 Å². The number of unbranched alkanes of at least 4 members (excludes halogenated alkanes) is 4. The molecule has 0 radical (unpaired) electrons. The van der Waals surface area contributed by atoms with Gasteiger partial charge >= 0.3 is 0 Å². The Morgan fingerprint density at radius 3 is 2.22 bits per heavy atom. The second kappa shape index (κ2) is 9.35. The fourth-order valence-electron chi connectivity index (χ4n) is 4.06. The van der Waals surface area contributed by atoms with Crippen molar-refractivity contribution in [1.29, 1.82) is 0 Å². The molecule has 0 saturated heterocycles. The highest BCUT2D eigenvalue weighted by Gasteiger charge is 2.31. The zero-order valence-electron chi connectivity index (χ0n) is 15.6. The van der Waals surface area contributed by atoms with Crippen molar-refractivity contribution in [2.45, 2.75) is 90.9 Å². The van der Waals surface area contributed by atoms with Crippen molar-refractivity contribution < 1.29 is 4.74 Å². The molecular formula is C22H36O. The maximum absolute atomic E-state index is 5.55. The zero-order valence-corrected chi connectivity index (χ0v) is 15.6. The van der Waals surface area contributed by atoms with Gasteiger partial charge in [0.25, 0.3) is 0 Å². The van der Waals surface area contributed by atoms with E-state index in [0.29, 0.717) is 5.41 Å². The Morgan fingerprint density at radius 1 is 0.957 bits per heavy atom. The highest BCUT2D eigenvalue weighted by Crippen LogP contribution is 2.45. The minimum Gasteiger partial charge on any atom is -0.494 e. The average Bonchev–Trinajstić information content (AvgIpc) is 2.57. The van der Waals surface area contributed by atoms with Crippen molar-refractivity contribution in [3.63, 3.8) is 0 Å². The quantitative estimate of drug-likeness (QED) is 0.441. The third-order valence-electron chi connectivity index (χ3n) is 5.74. The van der Waals surface area contributed by atoms with Gasteiger partial charge in [-0.25, -0.2) is 0 Å². The molecule has 0 spiro atoms. The van der Waals surface area contributed by atoms with Crippen LogP contribution in [0.3, 0.4) is 0 Å². The van der Waals surface area contributed by atoms with Crippen LogP contribution in [0.15, 0.2) is 24.3 Å². The molecule has 1 aromatic rings. The first-order chi connectivity index (χ1) is 11.2. The number of benzene rings is 1. The number of ether oxygens (including phenoxy) is 1. The molecule has 0 aromatic heterocycles. The highest BCUT2D eigenvalue weighted by atomic mass is 16.5. The first-order valence-electron chi connectivity index (χ1n) is 9.89. The van der Waals surface area contributed by atoms with Crippen molar-refractivity contribution in [2.24, 2.45) is 5.41 Å². The van der Waals surface area contributed by atoms with Crippen molar-refractivity contribution in [1.82, 2.24) is 0 Å². The second-order valence-electron chi connectivity index (χ2n) is 7.75. The SMILES string of the molecule is CCCCCCC[C@]1(C)CC[C@H](c2ccc(OCC)cc2)CC1.